The first-order valence-electron chi connectivity index (χ1n) is 11.1. The van der Waals surface area contributed by atoms with Gasteiger partial charge in [-0.3, -0.25) is 9.47 Å². The molecule has 31 heavy (non-hydrogen) atoms. The predicted molar refractivity (Wildman–Crippen MR) is 116 cm³/mol. The first kappa shape index (κ1) is 20.8. The SMILES string of the molecule is C=C[C@H]1C[C@@H](N(C[C@H]2O[C@@H](n3cnc4c(N)ncnc43)[C@@H]3OC(C)(C)O[C@@H]32)C(C)C)C1. The lowest BCUT2D eigenvalue weighted by Gasteiger charge is -2.45. The normalized spacial score (nSPS) is 34.4. The summed E-state index contributed by atoms with van der Waals surface area (Å²) in [7, 11) is 0. The van der Waals surface area contributed by atoms with Crippen molar-refractivity contribution in [2.45, 2.75) is 82.9 Å². The molecule has 9 heteroatoms. The summed E-state index contributed by atoms with van der Waals surface area (Å²) < 4.78 is 21.1. The lowest BCUT2D eigenvalue weighted by molar-refractivity contribution is -0.199. The van der Waals surface area contributed by atoms with Gasteiger partial charge in [0, 0.05) is 18.6 Å². The molecule has 3 aliphatic rings. The first-order valence-corrected chi connectivity index (χ1v) is 11.1. The van der Waals surface area contributed by atoms with Gasteiger partial charge < -0.3 is 19.9 Å². The monoisotopic (exact) mass is 428 g/mol. The topological polar surface area (TPSA) is 101 Å². The third-order valence-corrected chi connectivity index (χ3v) is 6.79. The molecule has 2 saturated heterocycles. The summed E-state index contributed by atoms with van der Waals surface area (Å²) in [5.41, 5.74) is 7.19. The van der Waals surface area contributed by atoms with E-state index in [9.17, 15) is 0 Å². The molecule has 0 amide bonds. The number of imidazole rings is 1. The fourth-order valence-corrected chi connectivity index (χ4v) is 5.17. The smallest absolute Gasteiger partial charge is 0.167 e. The van der Waals surface area contributed by atoms with Crippen LogP contribution in [0.4, 0.5) is 5.82 Å². The second kappa shape index (κ2) is 7.51. The van der Waals surface area contributed by atoms with Crippen LogP contribution < -0.4 is 5.73 Å². The van der Waals surface area contributed by atoms with Gasteiger partial charge in [-0.1, -0.05) is 6.08 Å². The van der Waals surface area contributed by atoms with Crippen LogP contribution in [0.2, 0.25) is 0 Å². The number of aromatic nitrogens is 4. The van der Waals surface area contributed by atoms with E-state index in [0.29, 0.717) is 35.0 Å². The van der Waals surface area contributed by atoms with E-state index in [2.05, 4.69) is 46.4 Å². The molecule has 0 aromatic carbocycles. The highest BCUT2D eigenvalue weighted by Gasteiger charge is 2.56. The Hall–Kier alpha value is -2.07. The van der Waals surface area contributed by atoms with Crippen molar-refractivity contribution in [1.29, 1.82) is 0 Å². The zero-order chi connectivity index (χ0) is 21.9. The maximum Gasteiger partial charge on any atom is 0.167 e. The van der Waals surface area contributed by atoms with Crippen LogP contribution >= 0.6 is 0 Å². The molecule has 0 spiro atoms. The third-order valence-electron chi connectivity index (χ3n) is 6.79. The average Bonchev–Trinajstić information content (AvgIpc) is 3.32. The average molecular weight is 429 g/mol. The summed E-state index contributed by atoms with van der Waals surface area (Å²) in [6.45, 7) is 13.1. The van der Waals surface area contributed by atoms with Crippen molar-refractivity contribution in [3.63, 3.8) is 0 Å². The minimum absolute atomic E-state index is 0.126. The van der Waals surface area contributed by atoms with Crippen molar-refractivity contribution < 1.29 is 14.2 Å². The van der Waals surface area contributed by atoms with Crippen LogP contribution in [-0.4, -0.2) is 67.1 Å². The Labute approximate surface area is 182 Å². The van der Waals surface area contributed by atoms with Crippen molar-refractivity contribution in [1.82, 2.24) is 24.4 Å². The standard InChI is InChI=1S/C22H32N6O3/c1-6-13-7-14(8-13)27(12(2)3)9-15-17-18(31-22(4,5)30-17)21(29-15)28-11-26-16-19(23)24-10-25-20(16)28/h6,10-15,17-18,21H,1,7-9H2,2-5H3,(H2,23,24,25)/t13-,14+,15-,17-,18-,21-/m1/s1. The minimum Gasteiger partial charge on any atom is -0.382 e. The number of nitrogens with zero attached hydrogens (tertiary/aromatic N) is 5. The number of ether oxygens (including phenoxy) is 3. The van der Waals surface area contributed by atoms with Gasteiger partial charge in [0.25, 0.3) is 0 Å². The quantitative estimate of drug-likeness (QED) is 0.701. The molecule has 1 aliphatic carbocycles. The molecule has 2 N–H and O–H groups in total. The van der Waals surface area contributed by atoms with Crippen LogP contribution in [0.25, 0.3) is 11.2 Å². The van der Waals surface area contributed by atoms with E-state index in [0.717, 1.165) is 19.4 Å². The molecule has 1 saturated carbocycles. The third kappa shape index (κ3) is 3.53. The zero-order valence-corrected chi connectivity index (χ0v) is 18.6. The molecular formula is C22H32N6O3. The molecule has 0 unspecified atom stereocenters. The van der Waals surface area contributed by atoms with Gasteiger partial charge >= 0.3 is 0 Å². The van der Waals surface area contributed by atoms with Gasteiger partial charge in [0.15, 0.2) is 23.5 Å². The zero-order valence-electron chi connectivity index (χ0n) is 18.6. The highest BCUT2D eigenvalue weighted by Crippen LogP contribution is 2.45. The van der Waals surface area contributed by atoms with Crippen molar-refractivity contribution in [2.75, 3.05) is 12.3 Å². The molecule has 2 aromatic heterocycles. The molecule has 4 heterocycles. The molecule has 168 valence electrons. The molecule has 5 rings (SSSR count). The van der Waals surface area contributed by atoms with Crippen LogP contribution in [0.15, 0.2) is 25.3 Å². The second-order valence-electron chi connectivity index (χ2n) is 9.62. The van der Waals surface area contributed by atoms with Gasteiger partial charge in [0.1, 0.15) is 30.2 Å². The summed E-state index contributed by atoms with van der Waals surface area (Å²) >= 11 is 0. The van der Waals surface area contributed by atoms with Crippen LogP contribution in [0.1, 0.15) is 46.8 Å². The van der Waals surface area contributed by atoms with Crippen molar-refractivity contribution in [3.8, 4) is 0 Å². The molecule has 2 aliphatic heterocycles. The van der Waals surface area contributed by atoms with Crippen molar-refractivity contribution in [3.05, 3.63) is 25.3 Å². The summed E-state index contributed by atoms with van der Waals surface area (Å²) in [5, 5.41) is 0. The molecule has 0 bridgehead atoms. The molecule has 9 nitrogen and oxygen atoms in total. The van der Waals surface area contributed by atoms with Gasteiger partial charge in [-0.25, -0.2) is 15.0 Å². The van der Waals surface area contributed by atoms with E-state index >= 15 is 0 Å². The number of hydrogen-bond acceptors (Lipinski definition) is 8. The Morgan fingerprint density at radius 3 is 2.71 bits per heavy atom. The highest BCUT2D eigenvalue weighted by atomic mass is 16.8. The molecule has 4 atom stereocenters. The van der Waals surface area contributed by atoms with E-state index < -0.39 is 12.0 Å². The van der Waals surface area contributed by atoms with Gasteiger partial charge in [-0.15, -0.1) is 6.58 Å². The molecule has 3 fully saturated rings. The summed E-state index contributed by atoms with van der Waals surface area (Å²) in [6, 6.07) is 0.954. The number of rotatable bonds is 6. The van der Waals surface area contributed by atoms with Crippen LogP contribution in [0, 0.1) is 5.92 Å². The lowest BCUT2D eigenvalue weighted by atomic mass is 9.79. The molecule has 2 aromatic rings. The van der Waals surface area contributed by atoms with Crippen molar-refractivity contribution in [2.24, 2.45) is 5.92 Å². The Morgan fingerprint density at radius 2 is 2.00 bits per heavy atom. The predicted octanol–water partition coefficient (Wildman–Crippen LogP) is 2.50. The number of hydrogen-bond donors (Lipinski definition) is 1. The summed E-state index contributed by atoms with van der Waals surface area (Å²) in [5.74, 6) is 0.294. The van der Waals surface area contributed by atoms with Crippen molar-refractivity contribution >= 4 is 17.0 Å². The largest absolute Gasteiger partial charge is 0.382 e. The fourth-order valence-electron chi connectivity index (χ4n) is 5.17. The van der Waals surface area contributed by atoms with E-state index in [1.54, 1.807) is 6.33 Å². The first-order chi connectivity index (χ1) is 14.8. The number of nitrogens with two attached hydrogens (primary N) is 1. The van der Waals surface area contributed by atoms with Gasteiger partial charge in [0.2, 0.25) is 0 Å². The van der Waals surface area contributed by atoms with Gasteiger partial charge in [-0.2, -0.15) is 0 Å². The summed E-state index contributed by atoms with van der Waals surface area (Å²) in [6.07, 6.45) is 6.57. The minimum atomic E-state index is -0.674. The van der Waals surface area contributed by atoms with Crippen LogP contribution in [0.3, 0.4) is 0 Å². The lowest BCUT2D eigenvalue weighted by Crippen LogP contribution is -2.52. The Balaban J connectivity index is 1.42. The van der Waals surface area contributed by atoms with Crippen LogP contribution in [0.5, 0.6) is 0 Å². The van der Waals surface area contributed by atoms with E-state index in [1.807, 2.05) is 18.4 Å². The summed E-state index contributed by atoms with van der Waals surface area (Å²) in [4.78, 5) is 15.4. The van der Waals surface area contributed by atoms with Gasteiger partial charge in [0.05, 0.1) is 6.33 Å². The highest BCUT2D eigenvalue weighted by molar-refractivity contribution is 5.81. The maximum absolute atomic E-state index is 6.58. The Kier molecular flexibility index (Phi) is 5.04. The number of nitrogen functional groups attached to an aromatic ring is 1. The van der Waals surface area contributed by atoms with E-state index in [1.165, 1.54) is 6.33 Å². The Morgan fingerprint density at radius 1 is 1.26 bits per heavy atom. The molecular weight excluding hydrogens is 396 g/mol. The molecule has 0 radical (unpaired) electrons. The second-order valence-corrected chi connectivity index (χ2v) is 9.62. The van der Waals surface area contributed by atoms with Gasteiger partial charge in [-0.05, 0) is 46.5 Å². The number of fused-ring (bicyclic) bond motifs is 2. The fraction of sp³-hybridized carbons (Fsp3) is 0.682. The number of anilines is 1. The maximum atomic E-state index is 6.58. The van der Waals surface area contributed by atoms with Crippen LogP contribution in [-0.2, 0) is 14.2 Å². The Bertz CT molecular complexity index is 969. The van der Waals surface area contributed by atoms with E-state index in [-0.39, 0.29) is 18.3 Å². The van der Waals surface area contributed by atoms with E-state index in [4.69, 9.17) is 19.9 Å². The number of allylic oxidation sites excluding steroid dienone is 1.